The Morgan fingerprint density at radius 1 is 0.885 bits per heavy atom. The Morgan fingerprint density at radius 2 is 1.46 bits per heavy atom. The van der Waals surface area contributed by atoms with Gasteiger partial charge in [0.25, 0.3) is 0 Å². The van der Waals surface area contributed by atoms with Crippen LogP contribution in [0, 0.1) is 24.4 Å². The van der Waals surface area contributed by atoms with Crippen molar-refractivity contribution < 1.29 is 31.1 Å². The van der Waals surface area contributed by atoms with E-state index in [9.17, 15) is 26.3 Å². The van der Waals surface area contributed by atoms with Crippen molar-refractivity contribution in [2.24, 2.45) is 0 Å². The molecular weight excluding hydrogens is 360 g/mol. The van der Waals surface area contributed by atoms with Gasteiger partial charge >= 0.3 is 6.18 Å². The quantitative estimate of drug-likeness (QED) is 0.627. The molecule has 0 unspecified atom stereocenters. The van der Waals surface area contributed by atoms with Gasteiger partial charge in [-0.1, -0.05) is 0 Å². The molecule has 2 aromatic rings. The summed E-state index contributed by atoms with van der Waals surface area (Å²) >= 11 is 0. The molecular formula is C18H15F6NO. The van der Waals surface area contributed by atoms with Gasteiger partial charge in [0, 0.05) is 19.2 Å². The van der Waals surface area contributed by atoms with Crippen molar-refractivity contribution in [1.82, 2.24) is 0 Å². The molecule has 0 aliphatic carbocycles. The van der Waals surface area contributed by atoms with Gasteiger partial charge in [-0.3, -0.25) is 0 Å². The number of benzene rings is 2. The van der Waals surface area contributed by atoms with Crippen LogP contribution in [-0.4, -0.2) is 13.1 Å². The van der Waals surface area contributed by atoms with Crippen LogP contribution in [0.4, 0.5) is 32.0 Å². The van der Waals surface area contributed by atoms with Gasteiger partial charge in [0.1, 0.15) is 11.6 Å². The van der Waals surface area contributed by atoms with Crippen molar-refractivity contribution in [2.45, 2.75) is 25.9 Å². The molecule has 2 aromatic carbocycles. The number of rotatable bonds is 3. The Bertz CT molecular complexity index is 804. The Balaban J connectivity index is 1.97. The predicted octanol–water partition coefficient (Wildman–Crippen LogP) is 5.82. The van der Waals surface area contributed by atoms with Crippen LogP contribution in [0.3, 0.4) is 0 Å². The molecule has 0 saturated carbocycles. The lowest BCUT2D eigenvalue weighted by Crippen LogP contribution is -2.19. The lowest BCUT2D eigenvalue weighted by molar-refractivity contribution is -0.138. The molecule has 0 radical (unpaired) electrons. The van der Waals surface area contributed by atoms with Crippen LogP contribution in [-0.2, 0) is 6.18 Å². The zero-order valence-electron chi connectivity index (χ0n) is 13.8. The SMILES string of the molecule is Cc1cc(F)c(N2CCCC2)cc1Oc1c(F)cc(C(F)(F)F)cc1F. The molecule has 0 N–H and O–H groups in total. The lowest BCUT2D eigenvalue weighted by atomic mass is 10.1. The zero-order chi connectivity index (χ0) is 19.1. The fourth-order valence-electron chi connectivity index (χ4n) is 2.88. The van der Waals surface area contributed by atoms with Crippen molar-refractivity contribution in [3.8, 4) is 11.5 Å². The van der Waals surface area contributed by atoms with Crippen LogP contribution >= 0.6 is 0 Å². The van der Waals surface area contributed by atoms with E-state index in [1.54, 1.807) is 4.90 Å². The van der Waals surface area contributed by atoms with E-state index >= 15 is 0 Å². The van der Waals surface area contributed by atoms with E-state index in [1.165, 1.54) is 19.1 Å². The number of halogens is 6. The van der Waals surface area contributed by atoms with Gasteiger partial charge < -0.3 is 9.64 Å². The molecule has 0 amide bonds. The molecule has 8 heteroatoms. The predicted molar refractivity (Wildman–Crippen MR) is 84.0 cm³/mol. The Labute approximate surface area is 146 Å². The van der Waals surface area contributed by atoms with E-state index in [1.807, 2.05) is 0 Å². The third-order valence-electron chi connectivity index (χ3n) is 4.23. The second-order valence-corrected chi connectivity index (χ2v) is 6.13. The van der Waals surface area contributed by atoms with Gasteiger partial charge in [0.15, 0.2) is 17.4 Å². The van der Waals surface area contributed by atoms with Gasteiger partial charge in [-0.15, -0.1) is 0 Å². The standard InChI is InChI=1S/C18H15F6NO/c1-10-6-12(19)15(25-4-2-3-5-25)9-16(10)26-17-13(20)7-11(8-14(17)21)18(22,23)24/h6-9H,2-5H2,1H3. The molecule has 2 nitrogen and oxygen atoms in total. The summed E-state index contributed by atoms with van der Waals surface area (Å²) in [5, 5.41) is 0. The highest BCUT2D eigenvalue weighted by atomic mass is 19.4. The summed E-state index contributed by atoms with van der Waals surface area (Å²) in [4.78, 5) is 1.78. The maximum Gasteiger partial charge on any atom is 0.416 e. The maximum absolute atomic E-state index is 14.2. The summed E-state index contributed by atoms with van der Waals surface area (Å²) in [5.74, 6) is -4.44. The summed E-state index contributed by atoms with van der Waals surface area (Å²) in [6, 6.07) is 2.81. The van der Waals surface area contributed by atoms with Gasteiger partial charge in [-0.25, -0.2) is 13.2 Å². The highest BCUT2D eigenvalue weighted by Crippen LogP contribution is 2.38. The van der Waals surface area contributed by atoms with E-state index in [-0.39, 0.29) is 29.1 Å². The van der Waals surface area contributed by atoms with Crippen molar-refractivity contribution in [3.05, 3.63) is 52.8 Å². The third kappa shape index (κ3) is 3.59. The van der Waals surface area contributed by atoms with E-state index in [4.69, 9.17) is 4.74 Å². The first-order valence-corrected chi connectivity index (χ1v) is 7.96. The topological polar surface area (TPSA) is 12.5 Å². The molecule has 0 spiro atoms. The second-order valence-electron chi connectivity index (χ2n) is 6.13. The van der Waals surface area contributed by atoms with Crippen LogP contribution in [0.15, 0.2) is 24.3 Å². The summed E-state index contributed by atoms with van der Waals surface area (Å²) < 4.78 is 85.2. The first-order chi connectivity index (χ1) is 12.2. The minimum Gasteiger partial charge on any atom is -0.451 e. The Morgan fingerprint density at radius 3 is 2.00 bits per heavy atom. The molecule has 3 rings (SSSR count). The van der Waals surface area contributed by atoms with Crippen LogP contribution in [0.1, 0.15) is 24.0 Å². The number of ether oxygens (including phenoxy) is 1. The Kier molecular flexibility index (Phi) is 4.77. The van der Waals surface area contributed by atoms with Crippen molar-refractivity contribution >= 4 is 5.69 Å². The summed E-state index contributed by atoms with van der Waals surface area (Å²) in [5.41, 5.74) is -0.951. The molecule has 1 fully saturated rings. The first-order valence-electron chi connectivity index (χ1n) is 7.96. The first kappa shape index (κ1) is 18.4. The minimum absolute atomic E-state index is 0.0224. The largest absolute Gasteiger partial charge is 0.451 e. The zero-order valence-corrected chi connectivity index (χ0v) is 13.8. The lowest BCUT2D eigenvalue weighted by Gasteiger charge is -2.20. The van der Waals surface area contributed by atoms with Gasteiger partial charge in [-0.05, 0) is 43.5 Å². The molecule has 1 aliphatic heterocycles. The molecule has 0 atom stereocenters. The van der Waals surface area contributed by atoms with Crippen LogP contribution in [0.2, 0.25) is 0 Å². The van der Waals surface area contributed by atoms with Crippen LogP contribution in [0.25, 0.3) is 0 Å². The van der Waals surface area contributed by atoms with Crippen molar-refractivity contribution in [3.63, 3.8) is 0 Å². The average molecular weight is 375 g/mol. The number of aryl methyl sites for hydroxylation is 1. The molecule has 0 aromatic heterocycles. The number of alkyl halides is 3. The molecule has 1 heterocycles. The van der Waals surface area contributed by atoms with E-state index < -0.39 is 34.9 Å². The minimum atomic E-state index is -4.88. The third-order valence-corrected chi connectivity index (χ3v) is 4.23. The average Bonchev–Trinajstić information content (AvgIpc) is 3.05. The van der Waals surface area contributed by atoms with Crippen molar-refractivity contribution in [1.29, 1.82) is 0 Å². The highest BCUT2D eigenvalue weighted by Gasteiger charge is 2.33. The van der Waals surface area contributed by atoms with E-state index in [2.05, 4.69) is 0 Å². The van der Waals surface area contributed by atoms with Crippen LogP contribution in [0.5, 0.6) is 11.5 Å². The number of hydrogen-bond acceptors (Lipinski definition) is 2. The molecule has 26 heavy (non-hydrogen) atoms. The highest BCUT2D eigenvalue weighted by molar-refractivity contribution is 5.56. The fraction of sp³-hybridized carbons (Fsp3) is 0.333. The monoisotopic (exact) mass is 375 g/mol. The van der Waals surface area contributed by atoms with E-state index in [0.717, 1.165) is 12.8 Å². The molecule has 140 valence electrons. The molecule has 1 aliphatic rings. The number of nitrogens with zero attached hydrogens (tertiary/aromatic N) is 1. The molecule has 1 saturated heterocycles. The summed E-state index contributed by atoms with van der Waals surface area (Å²) in [7, 11) is 0. The van der Waals surface area contributed by atoms with Gasteiger partial charge in [-0.2, -0.15) is 13.2 Å². The normalized spacial score (nSPS) is 14.8. The summed E-state index contributed by atoms with van der Waals surface area (Å²) in [6.45, 7) is 2.76. The van der Waals surface area contributed by atoms with Crippen LogP contribution < -0.4 is 9.64 Å². The van der Waals surface area contributed by atoms with E-state index in [0.29, 0.717) is 13.1 Å². The second kappa shape index (κ2) is 6.74. The van der Waals surface area contributed by atoms with Crippen molar-refractivity contribution in [2.75, 3.05) is 18.0 Å². The number of hydrogen-bond donors (Lipinski definition) is 0. The van der Waals surface area contributed by atoms with Gasteiger partial charge in [0.2, 0.25) is 0 Å². The number of anilines is 1. The molecule has 0 bridgehead atoms. The fourth-order valence-corrected chi connectivity index (χ4v) is 2.88. The van der Waals surface area contributed by atoms with Gasteiger partial charge in [0.05, 0.1) is 11.3 Å². The Hall–Kier alpha value is -2.38. The smallest absolute Gasteiger partial charge is 0.416 e. The summed E-state index contributed by atoms with van der Waals surface area (Å²) in [6.07, 6.45) is -3.09. The maximum atomic E-state index is 14.2.